The molecule has 1 N–H and O–H groups in total. The molecule has 24 heavy (non-hydrogen) atoms. The molecule has 1 aromatic carbocycles. The van der Waals surface area contributed by atoms with Crippen LogP contribution in [0.1, 0.15) is 30.6 Å². The smallest absolute Gasteiger partial charge is 0.317 e. The lowest BCUT2D eigenvalue weighted by Crippen LogP contribution is -2.53. The van der Waals surface area contributed by atoms with Gasteiger partial charge in [-0.25, -0.2) is 4.79 Å². The normalized spacial score (nSPS) is 16.5. The van der Waals surface area contributed by atoms with Gasteiger partial charge in [-0.15, -0.1) is 0 Å². The van der Waals surface area contributed by atoms with Crippen molar-refractivity contribution in [2.45, 2.75) is 26.3 Å². The maximum Gasteiger partial charge on any atom is 0.317 e. The minimum Gasteiger partial charge on any atom is -0.497 e. The van der Waals surface area contributed by atoms with Crippen LogP contribution in [0.5, 0.6) is 5.75 Å². The summed E-state index contributed by atoms with van der Waals surface area (Å²) in [6, 6.07) is 7.35. The van der Waals surface area contributed by atoms with Crippen molar-refractivity contribution in [2.24, 2.45) is 0 Å². The molecule has 1 aromatic rings. The number of benzene rings is 1. The number of methoxy groups -OCH3 is 1. The fourth-order valence-electron chi connectivity index (χ4n) is 2.58. The maximum atomic E-state index is 12.3. The average molecular weight is 333 g/mol. The Kier molecular flexibility index (Phi) is 6.61. The van der Waals surface area contributed by atoms with Gasteiger partial charge in [0.2, 0.25) is 0 Å². The molecule has 2 rings (SSSR count). The van der Waals surface area contributed by atoms with Crippen LogP contribution in [0.2, 0.25) is 0 Å². The monoisotopic (exact) mass is 333 g/mol. The average Bonchev–Trinajstić information content (AvgIpc) is 2.62. The number of urea groups is 1. The molecule has 1 unspecified atom stereocenters. The number of carbonyl (C=O) groups excluding carboxylic acids is 2. The van der Waals surface area contributed by atoms with E-state index in [-0.39, 0.29) is 17.9 Å². The van der Waals surface area contributed by atoms with Gasteiger partial charge in [-0.3, -0.25) is 9.69 Å². The van der Waals surface area contributed by atoms with Gasteiger partial charge in [0.15, 0.2) is 5.78 Å². The molecule has 1 aliphatic rings. The lowest BCUT2D eigenvalue weighted by atomic mass is 10.1. The molecule has 0 aliphatic carbocycles. The summed E-state index contributed by atoms with van der Waals surface area (Å²) in [5.74, 6) is 0.836. The van der Waals surface area contributed by atoms with E-state index in [0.29, 0.717) is 25.2 Å². The number of ketones is 1. The molecule has 0 radical (unpaired) electrons. The second-order valence-electron chi connectivity index (χ2n) is 6.17. The van der Waals surface area contributed by atoms with E-state index < -0.39 is 0 Å². The van der Waals surface area contributed by atoms with Crippen molar-refractivity contribution in [3.05, 3.63) is 29.8 Å². The number of hydrogen-bond donors (Lipinski definition) is 1. The third-order valence-corrected chi connectivity index (χ3v) is 4.42. The molecular weight excluding hydrogens is 306 g/mol. The van der Waals surface area contributed by atoms with Crippen LogP contribution in [0.3, 0.4) is 0 Å². The van der Waals surface area contributed by atoms with Crippen LogP contribution in [-0.2, 0) is 0 Å². The Balaban J connectivity index is 1.79. The molecule has 0 saturated carbocycles. The highest BCUT2D eigenvalue weighted by molar-refractivity contribution is 5.97. The topological polar surface area (TPSA) is 61.9 Å². The van der Waals surface area contributed by atoms with Crippen LogP contribution >= 0.6 is 0 Å². The highest BCUT2D eigenvalue weighted by Gasteiger charge is 2.23. The molecule has 0 bridgehead atoms. The minimum absolute atomic E-state index is 0.00881. The Hall–Kier alpha value is -2.08. The standard InChI is InChI=1S/C18H27N3O3/c1-4-14(2)19-18(23)21-11-9-20(10-12-21)13-17(22)15-5-7-16(24-3)8-6-15/h5-8,14H,4,9-13H2,1-3H3,(H,19,23). The van der Waals surface area contributed by atoms with E-state index in [1.165, 1.54) is 0 Å². The third kappa shape index (κ3) is 4.96. The van der Waals surface area contributed by atoms with Crippen molar-refractivity contribution in [3.8, 4) is 5.75 Å². The van der Waals surface area contributed by atoms with Crippen molar-refractivity contribution in [1.29, 1.82) is 0 Å². The van der Waals surface area contributed by atoms with Gasteiger partial charge in [0, 0.05) is 37.8 Å². The first-order valence-electron chi connectivity index (χ1n) is 8.48. The zero-order valence-corrected chi connectivity index (χ0v) is 14.7. The quantitative estimate of drug-likeness (QED) is 0.809. The highest BCUT2D eigenvalue weighted by Crippen LogP contribution is 2.12. The van der Waals surface area contributed by atoms with Gasteiger partial charge in [0.05, 0.1) is 13.7 Å². The molecule has 1 atom stereocenters. The first-order valence-corrected chi connectivity index (χ1v) is 8.48. The van der Waals surface area contributed by atoms with Crippen LogP contribution in [-0.4, -0.2) is 67.5 Å². The number of piperazine rings is 1. The minimum atomic E-state index is -0.00881. The second kappa shape index (κ2) is 8.68. The predicted octanol–water partition coefficient (Wildman–Crippen LogP) is 2.00. The number of hydrogen-bond acceptors (Lipinski definition) is 4. The van der Waals surface area contributed by atoms with Gasteiger partial charge in [0.1, 0.15) is 5.75 Å². The van der Waals surface area contributed by atoms with Gasteiger partial charge in [-0.2, -0.15) is 0 Å². The fraction of sp³-hybridized carbons (Fsp3) is 0.556. The SMILES string of the molecule is CCC(C)NC(=O)N1CCN(CC(=O)c2ccc(OC)cc2)CC1. The van der Waals surface area contributed by atoms with E-state index in [2.05, 4.69) is 10.2 Å². The number of Topliss-reactive ketones (excluding diaryl/α,β-unsaturated/α-hetero) is 1. The van der Waals surface area contributed by atoms with Crippen molar-refractivity contribution < 1.29 is 14.3 Å². The van der Waals surface area contributed by atoms with Gasteiger partial charge in [-0.1, -0.05) is 6.92 Å². The van der Waals surface area contributed by atoms with Crippen LogP contribution in [0.4, 0.5) is 4.79 Å². The summed E-state index contributed by atoms with van der Waals surface area (Å²) in [7, 11) is 1.60. The van der Waals surface area contributed by atoms with E-state index in [0.717, 1.165) is 25.3 Å². The van der Waals surface area contributed by atoms with Crippen LogP contribution in [0.15, 0.2) is 24.3 Å². The van der Waals surface area contributed by atoms with Crippen molar-refractivity contribution in [2.75, 3.05) is 39.8 Å². The summed E-state index contributed by atoms with van der Waals surface area (Å²) in [4.78, 5) is 28.3. The Morgan fingerprint density at radius 3 is 2.33 bits per heavy atom. The fourth-order valence-corrected chi connectivity index (χ4v) is 2.58. The number of carbonyl (C=O) groups is 2. The lowest BCUT2D eigenvalue weighted by Gasteiger charge is -2.34. The molecule has 1 fully saturated rings. The van der Waals surface area contributed by atoms with E-state index >= 15 is 0 Å². The Morgan fingerprint density at radius 1 is 1.17 bits per heavy atom. The lowest BCUT2D eigenvalue weighted by molar-refractivity contribution is 0.0877. The molecular formula is C18H27N3O3. The summed E-state index contributed by atoms with van der Waals surface area (Å²) in [5.41, 5.74) is 0.688. The highest BCUT2D eigenvalue weighted by atomic mass is 16.5. The molecule has 2 amide bonds. The van der Waals surface area contributed by atoms with Crippen molar-refractivity contribution in [3.63, 3.8) is 0 Å². The van der Waals surface area contributed by atoms with Crippen molar-refractivity contribution >= 4 is 11.8 Å². The summed E-state index contributed by atoms with van der Waals surface area (Å²) in [5, 5.41) is 2.98. The van der Waals surface area contributed by atoms with Crippen LogP contribution < -0.4 is 10.1 Å². The summed E-state index contributed by atoms with van der Waals surface area (Å²) in [6.45, 7) is 7.17. The van der Waals surface area contributed by atoms with Gasteiger partial charge in [-0.05, 0) is 37.6 Å². The molecule has 0 aromatic heterocycles. The summed E-state index contributed by atoms with van der Waals surface area (Å²) >= 11 is 0. The Labute approximate surface area is 143 Å². The van der Waals surface area contributed by atoms with Gasteiger partial charge in [0.25, 0.3) is 0 Å². The number of nitrogens with zero attached hydrogens (tertiary/aromatic N) is 2. The zero-order valence-electron chi connectivity index (χ0n) is 14.7. The van der Waals surface area contributed by atoms with E-state index in [1.54, 1.807) is 31.4 Å². The Bertz CT molecular complexity index is 551. The van der Waals surface area contributed by atoms with Crippen LogP contribution in [0, 0.1) is 0 Å². The summed E-state index contributed by atoms with van der Waals surface area (Å²) < 4.78 is 5.10. The third-order valence-electron chi connectivity index (χ3n) is 4.42. The van der Waals surface area contributed by atoms with Gasteiger partial charge < -0.3 is 15.0 Å². The number of ether oxygens (including phenoxy) is 1. The van der Waals surface area contributed by atoms with E-state index in [9.17, 15) is 9.59 Å². The molecule has 1 saturated heterocycles. The summed E-state index contributed by atoms with van der Waals surface area (Å²) in [6.07, 6.45) is 0.919. The number of rotatable bonds is 6. The molecule has 1 aliphatic heterocycles. The molecule has 0 spiro atoms. The zero-order chi connectivity index (χ0) is 17.5. The van der Waals surface area contributed by atoms with Crippen LogP contribution in [0.25, 0.3) is 0 Å². The van der Waals surface area contributed by atoms with Crippen molar-refractivity contribution in [1.82, 2.24) is 15.1 Å². The maximum absolute atomic E-state index is 12.3. The number of amides is 2. The second-order valence-corrected chi connectivity index (χ2v) is 6.17. The molecule has 1 heterocycles. The van der Waals surface area contributed by atoms with E-state index in [1.807, 2.05) is 18.7 Å². The van der Waals surface area contributed by atoms with E-state index in [4.69, 9.17) is 4.74 Å². The predicted molar refractivity (Wildman–Crippen MR) is 93.6 cm³/mol. The largest absolute Gasteiger partial charge is 0.497 e. The molecule has 132 valence electrons. The first kappa shape index (κ1) is 18.3. The van der Waals surface area contributed by atoms with Gasteiger partial charge >= 0.3 is 6.03 Å². The molecule has 6 heteroatoms. The first-order chi connectivity index (χ1) is 11.5. The molecule has 6 nitrogen and oxygen atoms in total. The Morgan fingerprint density at radius 2 is 1.79 bits per heavy atom. The number of nitrogens with one attached hydrogen (secondary N) is 1.